The van der Waals surface area contributed by atoms with Crippen molar-refractivity contribution in [2.75, 3.05) is 0 Å². The van der Waals surface area contributed by atoms with Crippen LogP contribution in [0, 0.1) is 5.92 Å². The summed E-state index contributed by atoms with van der Waals surface area (Å²) in [5.74, 6) is -3.28. The number of carbonyl (C=O) groups is 1. The topological polar surface area (TPSA) is 17.1 Å². The van der Waals surface area contributed by atoms with E-state index >= 15 is 0 Å². The fraction of sp³-hybridized carbons (Fsp3) is 0.750. The molecule has 1 unspecified atom stereocenters. The molecular weight excluding hydrogens is 239 g/mol. The largest absolute Gasteiger partial charge is 0.405 e. The van der Waals surface area contributed by atoms with Crippen LogP contribution in [0.25, 0.3) is 0 Å². The van der Waals surface area contributed by atoms with Crippen LogP contribution in [-0.4, -0.2) is 17.3 Å². The van der Waals surface area contributed by atoms with Crippen molar-refractivity contribution in [2.45, 2.75) is 11.0 Å². The highest BCUT2D eigenvalue weighted by molar-refractivity contribution is 9.10. The van der Waals surface area contributed by atoms with E-state index < -0.39 is 23.2 Å². The second kappa shape index (κ2) is 3.04. The minimum atomic E-state index is -5.21. The van der Waals surface area contributed by atoms with Gasteiger partial charge in [0, 0.05) is 0 Å². The highest BCUT2D eigenvalue weighted by Gasteiger charge is 2.54. The highest BCUT2D eigenvalue weighted by Crippen LogP contribution is 2.40. The first-order valence-corrected chi connectivity index (χ1v) is 3.07. The molecule has 0 heterocycles. The summed E-state index contributed by atoms with van der Waals surface area (Å²) in [6.07, 6.45) is -6.05. The molecule has 0 aromatic heterocycles. The molecule has 66 valence electrons. The van der Waals surface area contributed by atoms with Gasteiger partial charge in [0.2, 0.25) is 0 Å². The van der Waals surface area contributed by atoms with Crippen LogP contribution in [0.2, 0.25) is 0 Å². The molecule has 11 heavy (non-hydrogen) atoms. The van der Waals surface area contributed by atoms with Crippen LogP contribution in [0.15, 0.2) is 0 Å². The van der Waals surface area contributed by atoms with E-state index in [0.29, 0.717) is 0 Å². The first-order chi connectivity index (χ1) is 4.69. The fourth-order valence-corrected chi connectivity index (χ4v) is 0.707. The van der Waals surface area contributed by atoms with Crippen molar-refractivity contribution in [2.24, 2.45) is 5.92 Å². The van der Waals surface area contributed by atoms with E-state index in [1.807, 2.05) is 0 Å². The molecule has 7 heteroatoms. The molecule has 0 aliphatic carbocycles. The molecule has 0 saturated heterocycles. The van der Waals surface area contributed by atoms with E-state index in [0.717, 1.165) is 0 Å². The van der Waals surface area contributed by atoms with E-state index in [4.69, 9.17) is 0 Å². The van der Waals surface area contributed by atoms with Gasteiger partial charge in [-0.2, -0.15) is 22.0 Å². The summed E-state index contributed by atoms with van der Waals surface area (Å²) in [5, 5.41) is 0. The van der Waals surface area contributed by atoms with Gasteiger partial charge in [-0.1, -0.05) is 0 Å². The number of alkyl halides is 6. The Labute approximate surface area is 66.7 Å². The van der Waals surface area contributed by atoms with Crippen molar-refractivity contribution >= 4 is 22.2 Å². The first kappa shape index (κ1) is 10.8. The summed E-state index contributed by atoms with van der Waals surface area (Å²) in [4.78, 5) is 5.34. The minimum Gasteiger partial charge on any atom is -0.302 e. The van der Waals surface area contributed by atoms with Crippen molar-refractivity contribution in [3.05, 3.63) is 0 Å². The maximum Gasteiger partial charge on any atom is 0.405 e. The van der Waals surface area contributed by atoms with E-state index in [9.17, 15) is 26.7 Å². The molecule has 0 aromatic carbocycles. The second-order valence-corrected chi connectivity index (χ2v) is 2.75. The predicted octanol–water partition coefficient (Wildman–Crippen LogP) is 2.35. The van der Waals surface area contributed by atoms with Crippen LogP contribution in [0.4, 0.5) is 22.0 Å². The zero-order valence-electron chi connectivity index (χ0n) is 4.83. The molecule has 0 rings (SSSR count). The van der Waals surface area contributed by atoms with Gasteiger partial charge in [-0.25, -0.2) is 0 Å². The summed E-state index contributed by atoms with van der Waals surface area (Å²) >= 11 is 1.46. The van der Waals surface area contributed by atoms with E-state index in [-0.39, 0.29) is 0 Å². The number of hydrogen-bond donors (Lipinski definition) is 0. The molecular formula is C4H2BrF5O. The van der Waals surface area contributed by atoms with Crippen molar-refractivity contribution in [1.82, 2.24) is 0 Å². The predicted molar refractivity (Wildman–Crippen MR) is 29.5 cm³/mol. The monoisotopic (exact) mass is 240 g/mol. The van der Waals surface area contributed by atoms with Gasteiger partial charge in [0.15, 0.2) is 5.92 Å². The van der Waals surface area contributed by atoms with Crippen molar-refractivity contribution in [3.63, 3.8) is 0 Å². The summed E-state index contributed by atoms with van der Waals surface area (Å²) in [6, 6.07) is 0. The number of rotatable bonds is 2. The van der Waals surface area contributed by atoms with Crippen LogP contribution in [-0.2, 0) is 4.79 Å². The molecule has 1 atom stereocenters. The smallest absolute Gasteiger partial charge is 0.302 e. The van der Waals surface area contributed by atoms with E-state index in [2.05, 4.69) is 0 Å². The molecule has 0 saturated carbocycles. The quantitative estimate of drug-likeness (QED) is 0.412. The molecule has 0 aromatic rings. The maximum atomic E-state index is 11.8. The van der Waals surface area contributed by atoms with Crippen LogP contribution < -0.4 is 0 Å². The summed E-state index contributed by atoms with van der Waals surface area (Å²) in [5.41, 5.74) is 0. The molecule has 0 spiro atoms. The number of carbonyl (C=O) groups excluding carboxylic acids is 1. The van der Waals surface area contributed by atoms with Crippen molar-refractivity contribution < 1.29 is 26.7 Å². The average Bonchev–Trinajstić information content (AvgIpc) is 1.56. The first-order valence-electron chi connectivity index (χ1n) is 2.28. The lowest BCUT2D eigenvalue weighted by molar-refractivity contribution is -0.205. The Morgan fingerprint density at radius 2 is 1.55 bits per heavy atom. The number of halogens is 6. The lowest BCUT2D eigenvalue weighted by Gasteiger charge is -2.18. The Hall–Kier alpha value is -0.200. The molecule has 0 amide bonds. The van der Waals surface area contributed by atoms with Gasteiger partial charge < -0.3 is 4.79 Å². The molecule has 0 aliphatic heterocycles. The van der Waals surface area contributed by atoms with Crippen molar-refractivity contribution in [3.8, 4) is 0 Å². The van der Waals surface area contributed by atoms with Gasteiger partial charge >= 0.3 is 11.0 Å². The lowest BCUT2D eigenvalue weighted by atomic mass is 10.2. The Balaban J connectivity index is 4.56. The summed E-state index contributed by atoms with van der Waals surface area (Å²) in [6.45, 7) is 0. The average molecular weight is 241 g/mol. The zero-order valence-corrected chi connectivity index (χ0v) is 6.42. The van der Waals surface area contributed by atoms with Gasteiger partial charge in [-0.15, -0.1) is 0 Å². The van der Waals surface area contributed by atoms with Gasteiger partial charge in [-0.05, 0) is 15.9 Å². The zero-order chi connectivity index (χ0) is 9.28. The number of aldehydes is 1. The Morgan fingerprint density at radius 3 is 1.55 bits per heavy atom. The van der Waals surface area contributed by atoms with Crippen LogP contribution in [0.1, 0.15) is 0 Å². The molecule has 0 fully saturated rings. The maximum absolute atomic E-state index is 11.8. The van der Waals surface area contributed by atoms with Crippen molar-refractivity contribution in [1.29, 1.82) is 0 Å². The van der Waals surface area contributed by atoms with E-state index in [1.165, 1.54) is 15.9 Å². The molecule has 0 radical (unpaired) electrons. The molecule has 0 aliphatic rings. The minimum absolute atomic E-state index is 0.839. The van der Waals surface area contributed by atoms with E-state index in [1.54, 1.807) is 0 Å². The fourth-order valence-electron chi connectivity index (χ4n) is 0.340. The number of hydrogen-bond acceptors (Lipinski definition) is 1. The van der Waals surface area contributed by atoms with Gasteiger partial charge in [0.1, 0.15) is 6.29 Å². The third-order valence-electron chi connectivity index (χ3n) is 0.841. The Bertz CT molecular complexity index is 134. The van der Waals surface area contributed by atoms with Crippen LogP contribution >= 0.6 is 15.9 Å². The van der Waals surface area contributed by atoms with Crippen LogP contribution in [0.3, 0.4) is 0 Å². The third-order valence-corrected chi connectivity index (χ3v) is 1.33. The molecule has 0 N–H and O–H groups in total. The van der Waals surface area contributed by atoms with Gasteiger partial charge in [0.25, 0.3) is 0 Å². The van der Waals surface area contributed by atoms with Crippen LogP contribution in [0.5, 0.6) is 0 Å². The standard InChI is InChI=1S/C4H2BrF5O/c5-3(6,7)2(1-11)4(8,9)10/h1-2H. The third kappa shape index (κ3) is 3.13. The SMILES string of the molecule is O=CC(C(F)(F)F)C(F)(F)Br. The highest BCUT2D eigenvalue weighted by atomic mass is 79.9. The summed E-state index contributed by atoms with van der Waals surface area (Å²) < 4.78 is 58.1. The normalized spacial score (nSPS) is 16.2. The second-order valence-electron chi connectivity index (χ2n) is 1.70. The Kier molecular flexibility index (Phi) is 2.98. The van der Waals surface area contributed by atoms with Gasteiger partial charge in [0.05, 0.1) is 0 Å². The van der Waals surface area contributed by atoms with Gasteiger partial charge in [-0.3, -0.25) is 0 Å². The lowest BCUT2D eigenvalue weighted by Crippen LogP contribution is -2.36. The summed E-state index contributed by atoms with van der Waals surface area (Å²) in [7, 11) is 0. The molecule has 0 bridgehead atoms. The molecule has 1 nitrogen and oxygen atoms in total. The Morgan fingerprint density at radius 1 is 1.18 bits per heavy atom.